The molecule has 6 rings (SSSR count). The second-order valence-corrected chi connectivity index (χ2v) is 10.8. The highest BCUT2D eigenvalue weighted by atomic mass is 16.5. The molecule has 1 atom stereocenters. The fourth-order valence-electron chi connectivity index (χ4n) is 5.69. The lowest BCUT2D eigenvalue weighted by Gasteiger charge is -2.21. The minimum atomic E-state index is -0.363. The topological polar surface area (TPSA) is 81.9 Å². The third-order valence-corrected chi connectivity index (χ3v) is 7.93. The van der Waals surface area contributed by atoms with Gasteiger partial charge in [-0.25, -0.2) is 0 Å². The summed E-state index contributed by atoms with van der Waals surface area (Å²) < 4.78 is 7.57. The number of amides is 1. The smallest absolute Gasteiger partial charge is 0.225 e. The first-order chi connectivity index (χ1) is 21.2. The van der Waals surface area contributed by atoms with Crippen molar-refractivity contribution in [3.63, 3.8) is 0 Å². The van der Waals surface area contributed by atoms with Crippen molar-refractivity contribution in [2.75, 3.05) is 7.11 Å². The number of hydrogen-bond donors (Lipinski definition) is 1. The van der Waals surface area contributed by atoms with Gasteiger partial charge in [0.2, 0.25) is 5.91 Å². The Hall–Kier alpha value is -5.04. The molecule has 216 valence electrons. The Bertz CT molecular complexity index is 1700. The third-order valence-electron chi connectivity index (χ3n) is 7.93. The van der Waals surface area contributed by atoms with Gasteiger partial charge in [-0.2, -0.15) is 0 Å². The van der Waals surface area contributed by atoms with E-state index in [0.717, 1.165) is 47.8 Å². The van der Waals surface area contributed by atoms with Crippen molar-refractivity contribution in [2.24, 2.45) is 0 Å². The van der Waals surface area contributed by atoms with Gasteiger partial charge in [0.1, 0.15) is 11.6 Å². The van der Waals surface area contributed by atoms with Crippen LogP contribution in [0.2, 0.25) is 0 Å². The molecule has 0 saturated carbocycles. The summed E-state index contributed by atoms with van der Waals surface area (Å²) in [6.07, 6.45) is 9.05. The van der Waals surface area contributed by atoms with E-state index in [1.165, 1.54) is 22.3 Å². The van der Waals surface area contributed by atoms with Crippen molar-refractivity contribution in [2.45, 2.75) is 44.7 Å². The van der Waals surface area contributed by atoms with Crippen molar-refractivity contribution in [3.8, 4) is 5.75 Å². The van der Waals surface area contributed by atoms with E-state index in [1.54, 1.807) is 19.5 Å². The van der Waals surface area contributed by atoms with E-state index >= 15 is 0 Å². The first-order valence-corrected chi connectivity index (χ1v) is 14.7. The van der Waals surface area contributed by atoms with Crippen LogP contribution >= 0.6 is 0 Å². The summed E-state index contributed by atoms with van der Waals surface area (Å²) in [4.78, 5) is 17.6. The molecule has 0 spiro atoms. The quantitative estimate of drug-likeness (QED) is 0.201. The van der Waals surface area contributed by atoms with E-state index in [4.69, 9.17) is 14.9 Å². The number of nitrogens with one attached hydrogen (secondary N) is 1. The molecule has 0 unspecified atom stereocenters. The van der Waals surface area contributed by atoms with Gasteiger partial charge in [-0.3, -0.25) is 9.78 Å². The van der Waals surface area contributed by atoms with Crippen molar-refractivity contribution in [3.05, 3.63) is 149 Å². The van der Waals surface area contributed by atoms with Gasteiger partial charge in [-0.15, -0.1) is 10.2 Å². The predicted molar refractivity (Wildman–Crippen MR) is 168 cm³/mol. The number of aryl methyl sites for hydroxylation is 2. The Kier molecular flexibility index (Phi) is 8.69. The number of rotatable bonds is 12. The lowest BCUT2D eigenvalue weighted by atomic mass is 9.98. The first kappa shape index (κ1) is 28.1. The van der Waals surface area contributed by atoms with Gasteiger partial charge in [0, 0.05) is 25.2 Å². The molecule has 0 bridgehead atoms. The van der Waals surface area contributed by atoms with Crippen LogP contribution in [-0.2, 0) is 37.0 Å². The van der Waals surface area contributed by atoms with Crippen LogP contribution in [0.15, 0.2) is 109 Å². The van der Waals surface area contributed by atoms with Gasteiger partial charge >= 0.3 is 0 Å². The van der Waals surface area contributed by atoms with Gasteiger partial charge in [-0.1, -0.05) is 78.9 Å². The Labute approximate surface area is 252 Å². The lowest BCUT2D eigenvalue weighted by molar-refractivity contribution is -0.121. The summed E-state index contributed by atoms with van der Waals surface area (Å²) in [6, 6.07) is 30.4. The first-order valence-electron chi connectivity index (χ1n) is 14.7. The molecule has 7 nitrogen and oxygen atoms in total. The Balaban J connectivity index is 1.34. The molecule has 1 aliphatic carbocycles. The fourth-order valence-corrected chi connectivity index (χ4v) is 5.69. The average molecular weight is 570 g/mol. The molecule has 0 radical (unpaired) electrons. The lowest BCUT2D eigenvalue weighted by Crippen LogP contribution is -2.32. The van der Waals surface area contributed by atoms with E-state index in [0.29, 0.717) is 13.0 Å². The van der Waals surface area contributed by atoms with E-state index in [-0.39, 0.29) is 18.4 Å². The van der Waals surface area contributed by atoms with Crippen LogP contribution in [0.25, 0.3) is 5.57 Å². The Morgan fingerprint density at radius 1 is 0.884 bits per heavy atom. The van der Waals surface area contributed by atoms with Crippen LogP contribution in [0.5, 0.6) is 5.75 Å². The largest absolute Gasteiger partial charge is 0.497 e. The van der Waals surface area contributed by atoms with Crippen molar-refractivity contribution < 1.29 is 9.53 Å². The number of carbonyl (C=O) groups is 1. The molecule has 2 heterocycles. The summed E-state index contributed by atoms with van der Waals surface area (Å²) in [5.41, 5.74) is 6.98. The molecule has 3 aromatic carbocycles. The molecule has 0 saturated heterocycles. The minimum absolute atomic E-state index is 0.0743. The number of hydrogen-bond acceptors (Lipinski definition) is 5. The third kappa shape index (κ3) is 6.89. The molecule has 43 heavy (non-hydrogen) atoms. The summed E-state index contributed by atoms with van der Waals surface area (Å²) >= 11 is 0. The summed E-state index contributed by atoms with van der Waals surface area (Å²) in [5, 5.41) is 12.8. The Morgan fingerprint density at radius 2 is 1.67 bits per heavy atom. The van der Waals surface area contributed by atoms with Crippen LogP contribution in [-0.4, -0.2) is 32.8 Å². The molecule has 0 aliphatic heterocycles. The molecular weight excluding hydrogens is 534 g/mol. The van der Waals surface area contributed by atoms with Gasteiger partial charge in [-0.05, 0) is 64.4 Å². The number of aromatic nitrogens is 4. The molecule has 0 fully saturated rings. The number of ether oxygens (including phenoxy) is 1. The average Bonchev–Trinajstić information content (AvgIpc) is 3.64. The SMILES string of the molecule is COc1ccc(Cn2c(CCc3ccccc3)nnc2[C@@H](CC2=CCc3ccccc32)NC(=O)Cc2cccnc2)cc1. The number of fused-ring (bicyclic) bond motifs is 1. The highest BCUT2D eigenvalue weighted by Gasteiger charge is 2.27. The number of allylic oxidation sites excluding steroid dienone is 1. The molecule has 5 aromatic rings. The van der Waals surface area contributed by atoms with E-state index in [9.17, 15) is 4.79 Å². The van der Waals surface area contributed by atoms with Crippen LogP contribution in [0.1, 0.15) is 51.9 Å². The van der Waals surface area contributed by atoms with Crippen LogP contribution in [0, 0.1) is 0 Å². The zero-order valence-corrected chi connectivity index (χ0v) is 24.3. The summed E-state index contributed by atoms with van der Waals surface area (Å²) in [7, 11) is 1.67. The predicted octanol–water partition coefficient (Wildman–Crippen LogP) is 5.95. The zero-order valence-electron chi connectivity index (χ0n) is 24.3. The monoisotopic (exact) mass is 569 g/mol. The van der Waals surface area contributed by atoms with Crippen molar-refractivity contribution >= 4 is 11.5 Å². The number of benzene rings is 3. The van der Waals surface area contributed by atoms with Crippen LogP contribution in [0.4, 0.5) is 0 Å². The number of carbonyl (C=O) groups excluding carboxylic acids is 1. The van der Waals surface area contributed by atoms with Crippen molar-refractivity contribution in [1.82, 2.24) is 25.1 Å². The maximum absolute atomic E-state index is 13.4. The van der Waals surface area contributed by atoms with E-state index < -0.39 is 0 Å². The van der Waals surface area contributed by atoms with Gasteiger partial charge in [0.05, 0.1) is 26.1 Å². The molecule has 2 aromatic heterocycles. The number of nitrogens with zero attached hydrogens (tertiary/aromatic N) is 4. The summed E-state index contributed by atoms with van der Waals surface area (Å²) in [6.45, 7) is 0.584. The molecule has 1 amide bonds. The second-order valence-electron chi connectivity index (χ2n) is 10.8. The molecule has 7 heteroatoms. The second kappa shape index (κ2) is 13.3. The summed E-state index contributed by atoms with van der Waals surface area (Å²) in [5.74, 6) is 2.38. The van der Waals surface area contributed by atoms with Gasteiger partial charge in [0.15, 0.2) is 5.82 Å². The zero-order chi connectivity index (χ0) is 29.4. The van der Waals surface area contributed by atoms with Crippen LogP contribution in [0.3, 0.4) is 0 Å². The van der Waals surface area contributed by atoms with Crippen molar-refractivity contribution in [1.29, 1.82) is 0 Å². The van der Waals surface area contributed by atoms with Gasteiger partial charge < -0.3 is 14.6 Å². The number of methoxy groups -OCH3 is 1. The molecular formula is C36H35N5O2. The molecule has 1 N–H and O–H groups in total. The van der Waals surface area contributed by atoms with E-state index in [1.807, 2.05) is 30.3 Å². The minimum Gasteiger partial charge on any atom is -0.497 e. The van der Waals surface area contributed by atoms with Crippen LogP contribution < -0.4 is 10.1 Å². The fraction of sp³-hybridized carbons (Fsp3) is 0.222. The highest BCUT2D eigenvalue weighted by molar-refractivity contribution is 5.80. The normalized spacial score (nSPS) is 12.8. The van der Waals surface area contributed by atoms with E-state index in [2.05, 4.69) is 81.6 Å². The standard InChI is InChI=1S/C36H35N5O2/c1-43-31-18-13-27(14-19-31)25-41-34(20-15-26-8-3-2-4-9-26)39-40-36(41)33(38-35(42)22-28-10-7-21-37-24-28)23-30-17-16-29-11-5-6-12-32(29)30/h2-14,17-19,21,24,33H,15-16,20,22-23,25H2,1H3,(H,38,42)/t33-/m1/s1. The van der Waals surface area contributed by atoms with Gasteiger partial charge in [0.25, 0.3) is 0 Å². The molecule has 1 aliphatic rings. The Morgan fingerprint density at radius 3 is 2.47 bits per heavy atom. The maximum atomic E-state index is 13.4. The highest BCUT2D eigenvalue weighted by Crippen LogP contribution is 2.34. The maximum Gasteiger partial charge on any atom is 0.225 e. The number of pyridine rings is 1.